The Morgan fingerprint density at radius 2 is 2.00 bits per heavy atom. The molecule has 4 rings (SSSR count). The molecule has 0 fully saturated rings. The third kappa shape index (κ3) is 5.11. The van der Waals surface area contributed by atoms with Gasteiger partial charge in [-0.2, -0.15) is 5.10 Å². The van der Waals surface area contributed by atoms with Gasteiger partial charge in [-0.1, -0.05) is 56.3 Å². The molecule has 1 atom stereocenters. The molecule has 2 aromatic carbocycles. The van der Waals surface area contributed by atoms with Gasteiger partial charge in [0.15, 0.2) is 11.8 Å². The van der Waals surface area contributed by atoms with Gasteiger partial charge in [0.1, 0.15) is 5.82 Å². The summed E-state index contributed by atoms with van der Waals surface area (Å²) in [5.74, 6) is 3.26. The quantitative estimate of drug-likeness (QED) is 0.306. The van der Waals surface area contributed by atoms with Crippen LogP contribution in [0.4, 0.5) is 0 Å². The molecule has 0 saturated heterocycles. The molecule has 7 heteroatoms. The van der Waals surface area contributed by atoms with Crippen LogP contribution >= 0.6 is 24.0 Å². The Bertz CT molecular complexity index is 1000. The maximum absolute atomic E-state index is 4.67. The lowest BCUT2D eigenvalue weighted by Crippen LogP contribution is -2.47. The zero-order valence-electron chi connectivity index (χ0n) is 17.9. The van der Waals surface area contributed by atoms with Crippen molar-refractivity contribution in [2.24, 2.45) is 4.99 Å². The lowest BCUT2D eigenvalue weighted by atomic mass is 10.0. The summed E-state index contributed by atoms with van der Waals surface area (Å²) in [4.78, 5) is 9.08. The fourth-order valence-electron chi connectivity index (χ4n) is 3.90. The maximum Gasteiger partial charge on any atom is 0.191 e. The first-order chi connectivity index (χ1) is 14.1. The van der Waals surface area contributed by atoms with E-state index < -0.39 is 0 Å². The first-order valence-electron chi connectivity index (χ1n) is 10.5. The zero-order valence-corrected chi connectivity index (χ0v) is 20.3. The number of guanidine groups is 1. The van der Waals surface area contributed by atoms with E-state index in [0.29, 0.717) is 12.0 Å². The van der Waals surface area contributed by atoms with Gasteiger partial charge in [0.2, 0.25) is 0 Å². The van der Waals surface area contributed by atoms with E-state index in [1.807, 2.05) is 7.05 Å². The van der Waals surface area contributed by atoms with Crippen LogP contribution < -0.4 is 10.6 Å². The fraction of sp³-hybridized carbons (Fsp3) is 0.435. The van der Waals surface area contributed by atoms with E-state index >= 15 is 0 Å². The molecule has 0 aliphatic carbocycles. The highest BCUT2D eigenvalue weighted by atomic mass is 127. The van der Waals surface area contributed by atoms with E-state index in [1.165, 1.54) is 16.3 Å². The van der Waals surface area contributed by atoms with Gasteiger partial charge < -0.3 is 10.6 Å². The van der Waals surface area contributed by atoms with Gasteiger partial charge >= 0.3 is 0 Å². The van der Waals surface area contributed by atoms with Gasteiger partial charge in [-0.25, -0.2) is 9.67 Å². The van der Waals surface area contributed by atoms with Crippen LogP contribution in [-0.4, -0.2) is 40.4 Å². The van der Waals surface area contributed by atoms with E-state index in [9.17, 15) is 0 Å². The number of benzene rings is 2. The average Bonchev–Trinajstić information content (AvgIpc) is 3.17. The van der Waals surface area contributed by atoms with Crippen LogP contribution in [0.15, 0.2) is 47.5 Å². The summed E-state index contributed by atoms with van der Waals surface area (Å²) >= 11 is 0. The number of nitrogens with zero attached hydrogens (tertiary/aromatic N) is 4. The van der Waals surface area contributed by atoms with Crippen LogP contribution in [0.2, 0.25) is 0 Å². The molecule has 30 heavy (non-hydrogen) atoms. The molecule has 1 unspecified atom stereocenters. The van der Waals surface area contributed by atoms with Gasteiger partial charge in [-0.05, 0) is 29.2 Å². The number of nitrogens with one attached hydrogen (secondary N) is 2. The second-order valence-corrected chi connectivity index (χ2v) is 7.99. The number of hydrogen-bond acceptors (Lipinski definition) is 3. The van der Waals surface area contributed by atoms with Crippen molar-refractivity contribution in [3.8, 4) is 0 Å². The average molecular weight is 518 g/mol. The molecule has 2 N–H and O–H groups in total. The van der Waals surface area contributed by atoms with Crippen LogP contribution in [0.25, 0.3) is 10.8 Å². The van der Waals surface area contributed by atoms with Crippen molar-refractivity contribution in [2.75, 3.05) is 13.6 Å². The molecule has 1 aliphatic heterocycles. The molecule has 160 valence electrons. The molecule has 3 aromatic rings. The fourth-order valence-corrected chi connectivity index (χ4v) is 3.90. The Balaban J connectivity index is 0.00000256. The summed E-state index contributed by atoms with van der Waals surface area (Å²) in [6, 6.07) is 15.4. The van der Waals surface area contributed by atoms with Crippen LogP contribution in [0.5, 0.6) is 0 Å². The second kappa shape index (κ2) is 10.2. The monoisotopic (exact) mass is 518 g/mol. The highest BCUT2D eigenvalue weighted by molar-refractivity contribution is 14.0. The second-order valence-electron chi connectivity index (χ2n) is 7.99. The van der Waals surface area contributed by atoms with Crippen molar-refractivity contribution >= 4 is 40.7 Å². The number of halogens is 1. The summed E-state index contributed by atoms with van der Waals surface area (Å²) in [7, 11) is 1.83. The van der Waals surface area contributed by atoms with Crippen molar-refractivity contribution in [1.29, 1.82) is 0 Å². The molecule has 0 radical (unpaired) electrons. The molecule has 0 bridgehead atoms. The van der Waals surface area contributed by atoms with Gasteiger partial charge in [0.05, 0.1) is 6.54 Å². The minimum absolute atomic E-state index is 0. The summed E-state index contributed by atoms with van der Waals surface area (Å²) in [6.45, 7) is 5.95. The Hall–Kier alpha value is -2.16. The molecule has 1 aromatic heterocycles. The Labute approximate surface area is 195 Å². The smallest absolute Gasteiger partial charge is 0.191 e. The number of aliphatic imine (C=N–C) groups is 1. The normalized spacial score (nSPS) is 16.3. The first kappa shape index (κ1) is 22.5. The number of aryl methyl sites for hydroxylation is 1. The van der Waals surface area contributed by atoms with E-state index in [4.69, 9.17) is 0 Å². The van der Waals surface area contributed by atoms with Gasteiger partial charge in [-0.3, -0.25) is 4.99 Å². The number of fused-ring (bicyclic) bond motifs is 2. The predicted octanol–water partition coefficient (Wildman–Crippen LogP) is 3.90. The van der Waals surface area contributed by atoms with E-state index in [0.717, 1.165) is 50.0 Å². The molecule has 0 saturated carbocycles. The SMILES string of the molecule is CN=C(NCCc1cccc2ccccc12)NC1CCc2nc(C(C)C)nn2C1.I. The van der Waals surface area contributed by atoms with Crippen LogP contribution in [0.3, 0.4) is 0 Å². The van der Waals surface area contributed by atoms with Crippen molar-refractivity contribution in [2.45, 2.75) is 51.6 Å². The van der Waals surface area contributed by atoms with Gasteiger partial charge in [0.25, 0.3) is 0 Å². The molecule has 0 amide bonds. The first-order valence-corrected chi connectivity index (χ1v) is 10.5. The van der Waals surface area contributed by atoms with E-state index in [2.05, 4.69) is 86.7 Å². The molecule has 2 heterocycles. The lowest BCUT2D eigenvalue weighted by Gasteiger charge is -2.25. The highest BCUT2D eigenvalue weighted by Crippen LogP contribution is 2.19. The Morgan fingerprint density at radius 3 is 2.80 bits per heavy atom. The Kier molecular flexibility index (Phi) is 7.69. The van der Waals surface area contributed by atoms with E-state index in [-0.39, 0.29) is 24.0 Å². The van der Waals surface area contributed by atoms with Crippen LogP contribution in [-0.2, 0) is 19.4 Å². The van der Waals surface area contributed by atoms with Crippen molar-refractivity contribution in [3.63, 3.8) is 0 Å². The molecule has 6 nitrogen and oxygen atoms in total. The predicted molar refractivity (Wildman–Crippen MR) is 134 cm³/mol. The molecular formula is C23H31IN6. The zero-order chi connectivity index (χ0) is 20.2. The van der Waals surface area contributed by atoms with Crippen LogP contribution in [0.1, 0.15) is 43.4 Å². The minimum Gasteiger partial charge on any atom is -0.356 e. The number of rotatable bonds is 5. The number of aromatic nitrogens is 3. The minimum atomic E-state index is 0. The molecule has 0 spiro atoms. The van der Waals surface area contributed by atoms with Crippen molar-refractivity contribution in [3.05, 3.63) is 59.7 Å². The van der Waals surface area contributed by atoms with Gasteiger partial charge in [0, 0.05) is 32.0 Å². The van der Waals surface area contributed by atoms with Gasteiger partial charge in [-0.15, -0.1) is 24.0 Å². The third-order valence-corrected chi connectivity index (χ3v) is 5.52. The summed E-state index contributed by atoms with van der Waals surface area (Å²) in [5, 5.41) is 14.3. The van der Waals surface area contributed by atoms with Crippen molar-refractivity contribution < 1.29 is 0 Å². The summed E-state index contributed by atoms with van der Waals surface area (Å²) in [5.41, 5.74) is 1.36. The highest BCUT2D eigenvalue weighted by Gasteiger charge is 2.23. The molecule has 1 aliphatic rings. The summed E-state index contributed by atoms with van der Waals surface area (Å²) < 4.78 is 2.06. The van der Waals surface area contributed by atoms with E-state index in [1.54, 1.807) is 0 Å². The third-order valence-electron chi connectivity index (χ3n) is 5.52. The standard InChI is InChI=1S/C23H30N6.HI/c1-16(2)22-27-21-12-11-19(15-29(21)28-22)26-23(24-3)25-14-13-18-9-6-8-17-7-4-5-10-20(17)18;/h4-10,16,19H,11-15H2,1-3H3,(H2,24,25,26);1H. The largest absolute Gasteiger partial charge is 0.356 e. The topological polar surface area (TPSA) is 67.1 Å². The molecular weight excluding hydrogens is 487 g/mol. The summed E-state index contributed by atoms with van der Waals surface area (Å²) in [6.07, 6.45) is 2.95. The van der Waals surface area contributed by atoms with Crippen LogP contribution in [0, 0.1) is 0 Å². The van der Waals surface area contributed by atoms with Crippen molar-refractivity contribution in [1.82, 2.24) is 25.4 Å². The maximum atomic E-state index is 4.67. The Morgan fingerprint density at radius 1 is 1.20 bits per heavy atom. The number of hydrogen-bond donors (Lipinski definition) is 2. The lowest BCUT2D eigenvalue weighted by molar-refractivity contribution is 0.391.